The zero-order valence-corrected chi connectivity index (χ0v) is 17.4. The van der Waals surface area contributed by atoms with E-state index in [2.05, 4.69) is 20.8 Å². The van der Waals surface area contributed by atoms with Crippen LogP contribution in [0.25, 0.3) is 10.9 Å². The molecule has 0 aliphatic rings. The quantitative estimate of drug-likeness (QED) is 0.181. The van der Waals surface area contributed by atoms with Gasteiger partial charge in [0.1, 0.15) is 10.9 Å². The Morgan fingerprint density at radius 3 is 2.44 bits per heavy atom. The number of hydrazone groups is 1. The summed E-state index contributed by atoms with van der Waals surface area (Å²) in [7, 11) is 0. The fourth-order valence-corrected chi connectivity index (χ4v) is 3.17. The zero-order chi connectivity index (χ0) is 22.3. The molecule has 0 spiro atoms. The van der Waals surface area contributed by atoms with E-state index in [1.165, 1.54) is 6.21 Å². The summed E-state index contributed by atoms with van der Waals surface area (Å²) in [5, 5.41) is 7.52. The van der Waals surface area contributed by atoms with E-state index in [0.717, 1.165) is 0 Å². The van der Waals surface area contributed by atoms with E-state index in [-0.39, 0.29) is 11.1 Å². The Hall–Kier alpha value is -4.23. The van der Waals surface area contributed by atoms with Gasteiger partial charge in [-0.25, -0.2) is 10.4 Å². The van der Waals surface area contributed by atoms with Gasteiger partial charge in [0, 0.05) is 22.6 Å². The van der Waals surface area contributed by atoms with Gasteiger partial charge in [0.25, 0.3) is 5.91 Å². The second-order valence-corrected chi connectivity index (χ2v) is 7.01. The van der Waals surface area contributed by atoms with E-state index in [1.807, 2.05) is 24.3 Å². The van der Waals surface area contributed by atoms with E-state index < -0.39 is 0 Å². The van der Waals surface area contributed by atoms with Crippen LogP contribution in [0.4, 0.5) is 5.69 Å². The van der Waals surface area contributed by atoms with Crippen LogP contribution in [0.5, 0.6) is 11.5 Å². The summed E-state index contributed by atoms with van der Waals surface area (Å²) in [5.41, 5.74) is 4.49. The second kappa shape index (κ2) is 9.72. The van der Waals surface area contributed by atoms with Crippen molar-refractivity contribution in [3.63, 3.8) is 0 Å². The van der Waals surface area contributed by atoms with E-state index in [4.69, 9.17) is 16.3 Å². The van der Waals surface area contributed by atoms with E-state index in [9.17, 15) is 9.59 Å². The lowest BCUT2D eigenvalue weighted by Crippen LogP contribution is -2.17. The minimum absolute atomic E-state index is 0.206. The topological polar surface area (TPSA) is 92.7 Å². The Balaban J connectivity index is 1.61. The van der Waals surface area contributed by atoms with Crippen molar-refractivity contribution in [3.05, 3.63) is 95.1 Å². The second-order valence-electron chi connectivity index (χ2n) is 6.65. The van der Waals surface area contributed by atoms with Gasteiger partial charge in [0.2, 0.25) is 6.41 Å². The molecule has 2 amide bonds. The van der Waals surface area contributed by atoms with Crippen LogP contribution in [-0.2, 0) is 4.79 Å². The third kappa shape index (κ3) is 4.91. The number of pyridine rings is 1. The van der Waals surface area contributed by atoms with Gasteiger partial charge in [-0.1, -0.05) is 48.0 Å². The smallest absolute Gasteiger partial charge is 0.271 e. The number of halogens is 1. The number of benzene rings is 3. The Kier molecular flexibility index (Phi) is 6.38. The van der Waals surface area contributed by atoms with Crippen molar-refractivity contribution in [2.75, 3.05) is 5.32 Å². The van der Waals surface area contributed by atoms with E-state index in [1.54, 1.807) is 54.6 Å². The summed E-state index contributed by atoms with van der Waals surface area (Å²) in [6, 6.07) is 23.1. The molecular formula is C24H17ClN4O3. The monoisotopic (exact) mass is 444 g/mol. The van der Waals surface area contributed by atoms with Gasteiger partial charge >= 0.3 is 0 Å². The summed E-state index contributed by atoms with van der Waals surface area (Å²) in [4.78, 5) is 27.6. The van der Waals surface area contributed by atoms with Crippen LogP contribution in [0.1, 0.15) is 15.9 Å². The number of ether oxygens (including phenoxy) is 1. The molecule has 0 unspecified atom stereocenters. The first kappa shape index (κ1) is 21.0. The van der Waals surface area contributed by atoms with Crippen molar-refractivity contribution < 1.29 is 14.3 Å². The highest BCUT2D eigenvalue weighted by Gasteiger charge is 2.11. The summed E-state index contributed by atoms with van der Waals surface area (Å²) < 4.78 is 5.90. The third-order valence-electron chi connectivity index (χ3n) is 4.49. The van der Waals surface area contributed by atoms with Crippen molar-refractivity contribution >= 4 is 46.7 Å². The predicted octanol–water partition coefficient (Wildman–Crippen LogP) is 5.01. The molecular weight excluding hydrogens is 428 g/mol. The van der Waals surface area contributed by atoms with Gasteiger partial charge in [-0.05, 0) is 36.4 Å². The first-order valence-electron chi connectivity index (χ1n) is 9.60. The normalized spacial score (nSPS) is 10.8. The highest BCUT2D eigenvalue weighted by Crippen LogP contribution is 2.34. The first-order chi connectivity index (χ1) is 15.6. The molecule has 7 nitrogen and oxygen atoms in total. The van der Waals surface area contributed by atoms with Crippen molar-refractivity contribution in [1.29, 1.82) is 0 Å². The van der Waals surface area contributed by atoms with Crippen molar-refractivity contribution in [1.82, 2.24) is 10.4 Å². The largest absolute Gasteiger partial charge is 0.455 e. The molecule has 0 bridgehead atoms. The van der Waals surface area contributed by atoms with Gasteiger partial charge in [-0.15, -0.1) is 0 Å². The predicted molar refractivity (Wildman–Crippen MR) is 124 cm³/mol. The molecule has 0 saturated heterocycles. The molecule has 1 aromatic heterocycles. The number of para-hydroxylation sites is 1. The molecule has 4 rings (SSSR count). The van der Waals surface area contributed by atoms with Crippen LogP contribution in [-0.4, -0.2) is 23.5 Å². The molecule has 158 valence electrons. The molecule has 0 fully saturated rings. The minimum Gasteiger partial charge on any atom is -0.455 e. The fraction of sp³-hybridized carbons (Fsp3) is 0. The summed E-state index contributed by atoms with van der Waals surface area (Å²) in [6.07, 6.45) is 1.99. The van der Waals surface area contributed by atoms with Crippen molar-refractivity contribution in [2.24, 2.45) is 5.10 Å². The Morgan fingerprint density at radius 1 is 1.00 bits per heavy atom. The number of hydrogen-bond acceptors (Lipinski definition) is 5. The molecule has 8 heteroatoms. The Bertz CT molecular complexity index is 1300. The zero-order valence-electron chi connectivity index (χ0n) is 16.7. The Morgan fingerprint density at radius 2 is 1.72 bits per heavy atom. The van der Waals surface area contributed by atoms with E-state index >= 15 is 0 Å². The fourth-order valence-electron chi connectivity index (χ4n) is 2.98. The number of nitrogens with one attached hydrogen (secondary N) is 2. The number of anilines is 1. The van der Waals surface area contributed by atoms with Crippen LogP contribution >= 0.6 is 11.6 Å². The van der Waals surface area contributed by atoms with Crippen LogP contribution in [0.15, 0.2) is 84.0 Å². The lowest BCUT2D eigenvalue weighted by atomic mass is 10.1. The summed E-state index contributed by atoms with van der Waals surface area (Å²) in [5.74, 6) is 0.701. The molecule has 1 heterocycles. The Labute approximate surface area is 188 Å². The van der Waals surface area contributed by atoms with Crippen LogP contribution < -0.4 is 15.5 Å². The number of carbonyl (C=O) groups excluding carboxylic acids is 2. The summed E-state index contributed by atoms with van der Waals surface area (Å²) >= 11 is 6.32. The third-order valence-corrected chi connectivity index (χ3v) is 4.79. The van der Waals surface area contributed by atoms with Crippen LogP contribution in [0.2, 0.25) is 5.15 Å². The molecule has 2 N–H and O–H groups in total. The average Bonchev–Trinajstić information content (AvgIpc) is 2.81. The molecule has 32 heavy (non-hydrogen) atoms. The number of amides is 2. The number of hydrogen-bond donors (Lipinski definition) is 2. The van der Waals surface area contributed by atoms with Gasteiger partial charge in [0.15, 0.2) is 5.75 Å². The van der Waals surface area contributed by atoms with Gasteiger partial charge in [-0.2, -0.15) is 5.10 Å². The lowest BCUT2D eigenvalue weighted by Gasteiger charge is -2.12. The number of carbonyl (C=O) groups is 2. The molecule has 0 aliphatic heterocycles. The molecule has 3 aromatic carbocycles. The first-order valence-corrected chi connectivity index (χ1v) is 9.97. The highest BCUT2D eigenvalue weighted by molar-refractivity contribution is 6.32. The molecule has 0 atom stereocenters. The standard InChI is InChI=1S/C24H17ClN4O3/c25-23-18(14-27-29-24(31)16-7-3-1-4-8-16)11-17-12-21(26-15-30)22(13-20(17)28-23)32-19-9-5-2-6-10-19/h1-15H,(H,26,30)(H,29,31)/b27-14+. The molecule has 4 aromatic rings. The van der Waals surface area contributed by atoms with Gasteiger partial charge < -0.3 is 10.1 Å². The lowest BCUT2D eigenvalue weighted by molar-refractivity contribution is -0.105. The minimum atomic E-state index is -0.341. The van der Waals surface area contributed by atoms with Gasteiger partial charge in [0.05, 0.1) is 17.4 Å². The molecule has 0 saturated carbocycles. The van der Waals surface area contributed by atoms with Crippen molar-refractivity contribution in [3.8, 4) is 11.5 Å². The van der Waals surface area contributed by atoms with Crippen molar-refractivity contribution in [2.45, 2.75) is 0 Å². The number of nitrogens with zero attached hydrogens (tertiary/aromatic N) is 2. The molecule has 0 aliphatic carbocycles. The van der Waals surface area contributed by atoms with Crippen LogP contribution in [0, 0.1) is 0 Å². The summed E-state index contributed by atoms with van der Waals surface area (Å²) in [6.45, 7) is 0. The maximum Gasteiger partial charge on any atom is 0.271 e. The van der Waals surface area contributed by atoms with Crippen LogP contribution in [0.3, 0.4) is 0 Å². The number of aromatic nitrogens is 1. The van der Waals surface area contributed by atoms with Gasteiger partial charge in [-0.3, -0.25) is 9.59 Å². The maximum atomic E-state index is 12.1. The maximum absolute atomic E-state index is 12.1. The SMILES string of the molecule is O=CNc1cc2cc(/C=N/NC(=O)c3ccccc3)c(Cl)nc2cc1Oc1ccccc1. The molecule has 0 radical (unpaired) electrons. The number of rotatable bonds is 7. The average molecular weight is 445 g/mol. The number of fused-ring (bicyclic) bond motifs is 1. The van der Waals surface area contributed by atoms with E-state index in [0.29, 0.717) is 45.6 Å². The highest BCUT2D eigenvalue weighted by atomic mass is 35.5.